The van der Waals surface area contributed by atoms with Crippen molar-refractivity contribution in [3.05, 3.63) is 45.4 Å². The van der Waals surface area contributed by atoms with Crippen LogP contribution in [0.3, 0.4) is 0 Å². The van der Waals surface area contributed by atoms with Crippen molar-refractivity contribution in [2.75, 3.05) is 6.54 Å². The van der Waals surface area contributed by atoms with Gasteiger partial charge in [-0.1, -0.05) is 19.9 Å². The number of H-pyrrole nitrogens is 1. The second-order valence-corrected chi connectivity index (χ2v) is 5.98. The number of carbonyl (C=O) groups excluding carboxylic acids is 2. The van der Waals surface area contributed by atoms with Gasteiger partial charge in [-0.2, -0.15) is 0 Å². The van der Waals surface area contributed by atoms with Gasteiger partial charge < -0.3 is 4.52 Å². The van der Waals surface area contributed by atoms with E-state index in [9.17, 15) is 14.4 Å². The lowest BCUT2D eigenvalue weighted by Crippen LogP contribution is -2.33. The number of hydrogen-bond acceptors (Lipinski definition) is 6. The summed E-state index contributed by atoms with van der Waals surface area (Å²) in [5.41, 5.74) is 0.577. The van der Waals surface area contributed by atoms with Crippen molar-refractivity contribution in [1.82, 2.24) is 10.1 Å². The summed E-state index contributed by atoms with van der Waals surface area (Å²) >= 11 is 0. The molecular weight excluding hydrogens is 312 g/mol. The zero-order valence-electron chi connectivity index (χ0n) is 13.5. The van der Waals surface area contributed by atoms with E-state index in [0.717, 1.165) is 0 Å². The lowest BCUT2D eigenvalue weighted by Gasteiger charge is -2.15. The van der Waals surface area contributed by atoms with Crippen molar-refractivity contribution in [3.8, 4) is 0 Å². The zero-order valence-corrected chi connectivity index (χ0v) is 13.5. The number of imide groups is 1. The second-order valence-electron chi connectivity index (χ2n) is 5.98. The maximum absolute atomic E-state index is 12.6. The average Bonchev–Trinajstić information content (AvgIpc) is 2.98. The summed E-state index contributed by atoms with van der Waals surface area (Å²) in [5, 5.41) is 10.2. The fourth-order valence-electron chi connectivity index (χ4n) is 2.52. The van der Waals surface area contributed by atoms with E-state index < -0.39 is 11.5 Å². The van der Waals surface area contributed by atoms with Gasteiger partial charge in [-0.05, 0) is 25.0 Å². The smallest absolute Gasteiger partial charge is 0.336 e. The molecule has 2 amide bonds. The van der Waals surface area contributed by atoms with E-state index in [1.54, 1.807) is 25.1 Å². The third kappa shape index (κ3) is 2.55. The summed E-state index contributed by atoms with van der Waals surface area (Å²) in [6, 6.07) is 4.80. The maximum Gasteiger partial charge on any atom is 0.384 e. The molecule has 8 heteroatoms. The predicted octanol–water partition coefficient (Wildman–Crippen LogP) is 2.94. The summed E-state index contributed by atoms with van der Waals surface area (Å²) in [7, 11) is 0. The highest BCUT2D eigenvalue weighted by atomic mass is 16.5. The van der Waals surface area contributed by atoms with Crippen LogP contribution in [0.4, 0.5) is 11.4 Å². The second kappa shape index (κ2) is 5.88. The number of hydrogen-bond donors (Lipinski definition) is 1. The van der Waals surface area contributed by atoms with Gasteiger partial charge in [0.05, 0.1) is 22.5 Å². The number of benzene rings is 1. The van der Waals surface area contributed by atoms with Crippen LogP contribution in [0.1, 0.15) is 40.3 Å². The molecule has 0 atom stereocenters. The first-order valence-electron chi connectivity index (χ1n) is 7.49. The number of nitrogens with one attached hydrogen (secondary N) is 1. The van der Waals surface area contributed by atoms with Crippen LogP contribution >= 0.6 is 0 Å². The summed E-state index contributed by atoms with van der Waals surface area (Å²) in [4.78, 5) is 37.7. The number of aromatic amines is 1. The average molecular weight is 328 g/mol. The van der Waals surface area contributed by atoms with Crippen LogP contribution in [0.5, 0.6) is 0 Å². The zero-order chi connectivity index (χ0) is 17.4. The lowest BCUT2D eigenvalue weighted by atomic mass is 10.1. The third-order valence-electron chi connectivity index (χ3n) is 3.63. The normalized spacial score (nSPS) is 14.2. The third-order valence-corrected chi connectivity index (χ3v) is 3.63. The number of nitrogens with zero attached hydrogens (tertiary/aromatic N) is 3. The molecule has 0 unspecified atom stereocenters. The summed E-state index contributed by atoms with van der Waals surface area (Å²) in [6.07, 6.45) is 0. The van der Waals surface area contributed by atoms with Crippen LogP contribution in [0.25, 0.3) is 0 Å². The van der Waals surface area contributed by atoms with E-state index in [-0.39, 0.29) is 28.8 Å². The molecule has 1 aliphatic heterocycles. The fraction of sp³-hybridized carbons (Fsp3) is 0.312. The number of amides is 2. The Morgan fingerprint density at radius 1 is 1.17 bits per heavy atom. The van der Waals surface area contributed by atoms with Gasteiger partial charge in [0.15, 0.2) is 5.69 Å². The minimum Gasteiger partial charge on any atom is -0.336 e. The Hall–Kier alpha value is -3.03. The van der Waals surface area contributed by atoms with E-state index in [2.05, 4.69) is 19.9 Å². The molecule has 1 aliphatic rings. The standard InChI is InChI=1S/C16H16N4O4/c1-8(2)7-20-14(21)10-5-4-6-11(12(10)15(20)22)17-18-13-9(3)19-24-16(13)23/h4-6,8,19H,7H2,1-3H3. The molecule has 0 saturated carbocycles. The molecule has 124 valence electrons. The summed E-state index contributed by atoms with van der Waals surface area (Å²) in [6.45, 7) is 5.81. The summed E-state index contributed by atoms with van der Waals surface area (Å²) in [5.74, 6) is -0.571. The number of carbonyl (C=O) groups is 2. The minimum atomic E-state index is -0.646. The lowest BCUT2D eigenvalue weighted by molar-refractivity contribution is 0.0636. The van der Waals surface area contributed by atoms with Crippen molar-refractivity contribution in [1.29, 1.82) is 0 Å². The largest absolute Gasteiger partial charge is 0.384 e. The van der Waals surface area contributed by atoms with Gasteiger partial charge in [0.25, 0.3) is 11.8 Å². The Kier molecular flexibility index (Phi) is 3.88. The number of rotatable bonds is 4. The number of aryl methyl sites for hydroxylation is 1. The molecule has 1 aromatic carbocycles. The Labute approximate surface area is 137 Å². The van der Waals surface area contributed by atoms with Crippen molar-refractivity contribution in [2.45, 2.75) is 20.8 Å². The van der Waals surface area contributed by atoms with Crippen LogP contribution in [0.2, 0.25) is 0 Å². The van der Waals surface area contributed by atoms with Crippen LogP contribution in [0.15, 0.2) is 37.7 Å². The molecule has 24 heavy (non-hydrogen) atoms. The van der Waals surface area contributed by atoms with Crippen molar-refractivity contribution in [2.24, 2.45) is 16.1 Å². The van der Waals surface area contributed by atoms with Gasteiger partial charge in [-0.3, -0.25) is 14.5 Å². The van der Waals surface area contributed by atoms with Gasteiger partial charge >= 0.3 is 5.63 Å². The molecule has 0 fully saturated rings. The van der Waals surface area contributed by atoms with E-state index >= 15 is 0 Å². The fourth-order valence-corrected chi connectivity index (χ4v) is 2.52. The molecule has 1 aromatic heterocycles. The number of azo groups is 1. The first-order valence-corrected chi connectivity index (χ1v) is 7.49. The van der Waals surface area contributed by atoms with Crippen LogP contribution in [0, 0.1) is 12.8 Å². The van der Waals surface area contributed by atoms with Gasteiger partial charge in [-0.15, -0.1) is 10.2 Å². The number of aromatic nitrogens is 1. The van der Waals surface area contributed by atoms with Crippen LogP contribution < -0.4 is 5.63 Å². The van der Waals surface area contributed by atoms with Crippen molar-refractivity contribution in [3.63, 3.8) is 0 Å². The first-order chi connectivity index (χ1) is 11.4. The molecule has 8 nitrogen and oxygen atoms in total. The van der Waals surface area contributed by atoms with E-state index in [4.69, 9.17) is 0 Å². The molecule has 0 radical (unpaired) electrons. The Balaban J connectivity index is 2.01. The molecule has 0 saturated heterocycles. The Morgan fingerprint density at radius 2 is 1.92 bits per heavy atom. The minimum absolute atomic E-state index is 0.0309. The molecule has 1 N–H and O–H groups in total. The molecule has 0 bridgehead atoms. The Morgan fingerprint density at radius 3 is 2.54 bits per heavy atom. The monoisotopic (exact) mass is 328 g/mol. The van der Waals surface area contributed by atoms with Gasteiger partial charge in [0.2, 0.25) is 0 Å². The quantitative estimate of drug-likeness (QED) is 0.687. The van der Waals surface area contributed by atoms with E-state index in [0.29, 0.717) is 17.8 Å². The van der Waals surface area contributed by atoms with Crippen LogP contribution in [-0.2, 0) is 0 Å². The molecular formula is C16H16N4O4. The summed E-state index contributed by atoms with van der Waals surface area (Å²) < 4.78 is 4.61. The van der Waals surface area contributed by atoms with E-state index in [1.165, 1.54) is 4.90 Å². The highest BCUT2D eigenvalue weighted by molar-refractivity contribution is 6.23. The Bertz CT molecular complexity index is 907. The maximum atomic E-state index is 12.6. The van der Waals surface area contributed by atoms with E-state index in [1.807, 2.05) is 13.8 Å². The number of fused-ring (bicyclic) bond motifs is 1. The SMILES string of the molecule is Cc1[nH]oc(=O)c1N=Nc1cccc2c1C(=O)N(CC(C)C)C2=O. The van der Waals surface area contributed by atoms with Crippen molar-refractivity contribution >= 4 is 23.2 Å². The first kappa shape index (κ1) is 15.9. The predicted molar refractivity (Wildman–Crippen MR) is 84.9 cm³/mol. The van der Waals surface area contributed by atoms with Crippen LogP contribution in [-0.4, -0.2) is 28.4 Å². The van der Waals surface area contributed by atoms with Gasteiger partial charge in [0.1, 0.15) is 0 Å². The van der Waals surface area contributed by atoms with Crippen molar-refractivity contribution < 1.29 is 14.1 Å². The highest BCUT2D eigenvalue weighted by Crippen LogP contribution is 2.32. The topological polar surface area (TPSA) is 108 Å². The van der Waals surface area contributed by atoms with Gasteiger partial charge in [-0.25, -0.2) is 9.95 Å². The molecule has 0 spiro atoms. The molecule has 2 aromatic rings. The molecule has 2 heterocycles. The van der Waals surface area contributed by atoms with Gasteiger partial charge in [0, 0.05) is 6.54 Å². The molecule has 0 aliphatic carbocycles. The highest BCUT2D eigenvalue weighted by Gasteiger charge is 2.37. The molecule has 3 rings (SSSR count).